The Morgan fingerprint density at radius 1 is 1.29 bits per heavy atom. The van der Waals surface area contributed by atoms with Gasteiger partial charge in [0.05, 0.1) is 16.4 Å². The number of hydrogen-bond donors (Lipinski definition) is 1. The highest BCUT2D eigenvalue weighted by Gasteiger charge is 2.04. The van der Waals surface area contributed by atoms with Gasteiger partial charge in [0.15, 0.2) is 0 Å². The molecule has 0 atom stereocenters. The van der Waals surface area contributed by atoms with E-state index in [9.17, 15) is 4.39 Å². The van der Waals surface area contributed by atoms with Gasteiger partial charge in [-0.2, -0.15) is 0 Å². The molecule has 1 aromatic heterocycles. The predicted molar refractivity (Wildman–Crippen MR) is 67.4 cm³/mol. The molecule has 1 aromatic carbocycles. The first-order valence-corrected chi connectivity index (χ1v) is 5.64. The van der Waals surface area contributed by atoms with Gasteiger partial charge in [0, 0.05) is 12.1 Å². The minimum atomic E-state index is -0.415. The number of rotatable bonds is 3. The van der Waals surface area contributed by atoms with Crippen molar-refractivity contribution in [2.24, 2.45) is 0 Å². The van der Waals surface area contributed by atoms with Crippen molar-refractivity contribution in [2.45, 2.75) is 6.54 Å². The third-order valence-electron chi connectivity index (χ3n) is 2.38. The molecule has 0 amide bonds. The zero-order valence-corrected chi connectivity index (χ0v) is 10.1. The van der Waals surface area contributed by atoms with Crippen molar-refractivity contribution in [2.75, 3.05) is 7.05 Å². The van der Waals surface area contributed by atoms with E-state index >= 15 is 0 Å². The molecule has 0 fully saturated rings. The molecular formula is C13H12ClFN2. The van der Waals surface area contributed by atoms with E-state index in [1.165, 1.54) is 6.07 Å². The second-order valence-electron chi connectivity index (χ2n) is 3.67. The molecular weight excluding hydrogens is 239 g/mol. The fourth-order valence-electron chi connectivity index (χ4n) is 1.58. The summed E-state index contributed by atoms with van der Waals surface area (Å²) in [4.78, 5) is 4.46. The summed E-state index contributed by atoms with van der Waals surface area (Å²) in [6.07, 6.45) is 0. The van der Waals surface area contributed by atoms with Crippen LogP contribution in [0.2, 0.25) is 5.02 Å². The Morgan fingerprint density at radius 2 is 2.12 bits per heavy atom. The lowest BCUT2D eigenvalue weighted by molar-refractivity contribution is 0.628. The van der Waals surface area contributed by atoms with E-state index in [4.69, 9.17) is 11.6 Å². The Morgan fingerprint density at radius 3 is 2.82 bits per heavy atom. The molecule has 88 valence electrons. The number of hydrogen-bond acceptors (Lipinski definition) is 2. The van der Waals surface area contributed by atoms with E-state index in [2.05, 4.69) is 10.3 Å². The number of pyridine rings is 1. The van der Waals surface area contributed by atoms with Gasteiger partial charge in [-0.3, -0.25) is 4.98 Å². The summed E-state index contributed by atoms with van der Waals surface area (Å²) in [5.41, 5.74) is 2.54. The molecule has 2 aromatic rings. The second-order valence-corrected chi connectivity index (χ2v) is 4.08. The fourth-order valence-corrected chi connectivity index (χ4v) is 1.76. The third-order valence-corrected chi connectivity index (χ3v) is 2.67. The summed E-state index contributed by atoms with van der Waals surface area (Å²) in [7, 11) is 1.86. The number of halogens is 2. The summed E-state index contributed by atoms with van der Waals surface area (Å²) in [6, 6.07) is 10.3. The van der Waals surface area contributed by atoms with Gasteiger partial charge in [0.25, 0.3) is 0 Å². The SMILES string of the molecule is CNCc1cccc(-c2ccc(F)c(Cl)c2)n1. The molecule has 1 N–H and O–H groups in total. The monoisotopic (exact) mass is 250 g/mol. The normalized spacial score (nSPS) is 10.5. The molecule has 0 radical (unpaired) electrons. The molecule has 2 rings (SSSR count). The van der Waals surface area contributed by atoms with Gasteiger partial charge in [-0.1, -0.05) is 17.7 Å². The van der Waals surface area contributed by atoms with Crippen molar-refractivity contribution in [3.8, 4) is 11.3 Å². The van der Waals surface area contributed by atoms with Crippen LogP contribution in [0.15, 0.2) is 36.4 Å². The first-order chi connectivity index (χ1) is 8.20. The zero-order chi connectivity index (χ0) is 12.3. The lowest BCUT2D eigenvalue weighted by Crippen LogP contribution is -2.06. The van der Waals surface area contributed by atoms with Gasteiger partial charge >= 0.3 is 0 Å². The summed E-state index contributed by atoms with van der Waals surface area (Å²) in [6.45, 7) is 0.697. The van der Waals surface area contributed by atoms with E-state index < -0.39 is 5.82 Å². The molecule has 0 aliphatic heterocycles. The summed E-state index contributed by atoms with van der Waals surface area (Å²) >= 11 is 5.75. The van der Waals surface area contributed by atoms with Gasteiger partial charge in [0.2, 0.25) is 0 Å². The van der Waals surface area contributed by atoms with E-state index in [-0.39, 0.29) is 5.02 Å². The Kier molecular flexibility index (Phi) is 3.71. The molecule has 0 saturated carbocycles. The topological polar surface area (TPSA) is 24.9 Å². The fraction of sp³-hybridized carbons (Fsp3) is 0.154. The van der Waals surface area contributed by atoms with Crippen molar-refractivity contribution in [1.29, 1.82) is 0 Å². The van der Waals surface area contributed by atoms with Crippen molar-refractivity contribution in [1.82, 2.24) is 10.3 Å². The largest absolute Gasteiger partial charge is 0.314 e. The molecule has 4 heteroatoms. The molecule has 0 spiro atoms. The van der Waals surface area contributed by atoms with Crippen LogP contribution in [-0.2, 0) is 6.54 Å². The zero-order valence-electron chi connectivity index (χ0n) is 9.37. The summed E-state index contributed by atoms with van der Waals surface area (Å²) < 4.78 is 13.1. The molecule has 0 aliphatic rings. The lowest BCUT2D eigenvalue weighted by atomic mass is 10.1. The highest BCUT2D eigenvalue weighted by Crippen LogP contribution is 2.23. The van der Waals surface area contributed by atoms with Crippen molar-refractivity contribution in [3.63, 3.8) is 0 Å². The van der Waals surface area contributed by atoms with Gasteiger partial charge in [-0.25, -0.2) is 4.39 Å². The van der Waals surface area contributed by atoms with Crippen molar-refractivity contribution >= 4 is 11.6 Å². The Balaban J connectivity index is 2.38. The van der Waals surface area contributed by atoms with Gasteiger partial charge in [-0.05, 0) is 37.4 Å². The van der Waals surface area contributed by atoms with Crippen LogP contribution in [0, 0.1) is 5.82 Å². The van der Waals surface area contributed by atoms with E-state index in [0.29, 0.717) is 6.54 Å². The average molecular weight is 251 g/mol. The maximum atomic E-state index is 13.1. The molecule has 0 unspecified atom stereocenters. The smallest absolute Gasteiger partial charge is 0.141 e. The number of benzene rings is 1. The van der Waals surface area contributed by atoms with Crippen LogP contribution in [-0.4, -0.2) is 12.0 Å². The van der Waals surface area contributed by atoms with Gasteiger partial charge in [0.1, 0.15) is 5.82 Å². The number of aromatic nitrogens is 1. The molecule has 17 heavy (non-hydrogen) atoms. The average Bonchev–Trinajstić information content (AvgIpc) is 2.33. The van der Waals surface area contributed by atoms with Crippen LogP contribution in [0.5, 0.6) is 0 Å². The maximum absolute atomic E-state index is 13.1. The van der Waals surface area contributed by atoms with Gasteiger partial charge in [-0.15, -0.1) is 0 Å². The predicted octanol–water partition coefficient (Wildman–Crippen LogP) is 3.26. The maximum Gasteiger partial charge on any atom is 0.141 e. The quantitative estimate of drug-likeness (QED) is 0.905. The lowest BCUT2D eigenvalue weighted by Gasteiger charge is -2.05. The molecule has 1 heterocycles. The van der Waals surface area contributed by atoms with Crippen LogP contribution >= 0.6 is 11.6 Å². The minimum absolute atomic E-state index is 0.114. The van der Waals surface area contributed by atoms with Gasteiger partial charge < -0.3 is 5.32 Å². The van der Waals surface area contributed by atoms with E-state index in [1.54, 1.807) is 12.1 Å². The molecule has 0 saturated heterocycles. The Hall–Kier alpha value is -1.45. The summed E-state index contributed by atoms with van der Waals surface area (Å²) in [5, 5.41) is 3.15. The standard InChI is InChI=1S/C13H12ClFN2/c1-16-8-10-3-2-4-13(17-10)9-5-6-12(15)11(14)7-9/h2-7,16H,8H2,1H3. The van der Waals surface area contributed by atoms with Crippen LogP contribution in [0.1, 0.15) is 5.69 Å². The number of nitrogens with one attached hydrogen (secondary N) is 1. The minimum Gasteiger partial charge on any atom is -0.314 e. The van der Waals surface area contributed by atoms with Crippen molar-refractivity contribution in [3.05, 3.63) is 52.9 Å². The van der Waals surface area contributed by atoms with Crippen LogP contribution in [0.4, 0.5) is 4.39 Å². The summed E-state index contributed by atoms with van der Waals surface area (Å²) in [5.74, 6) is -0.415. The number of nitrogens with zero attached hydrogens (tertiary/aromatic N) is 1. The Labute approximate surface area is 104 Å². The molecule has 0 aliphatic carbocycles. The second kappa shape index (κ2) is 5.25. The third kappa shape index (κ3) is 2.81. The van der Waals surface area contributed by atoms with Crippen LogP contribution in [0.25, 0.3) is 11.3 Å². The Bertz CT molecular complexity index is 529. The van der Waals surface area contributed by atoms with Crippen molar-refractivity contribution < 1.29 is 4.39 Å². The molecule has 2 nitrogen and oxygen atoms in total. The first-order valence-electron chi connectivity index (χ1n) is 5.26. The molecule has 0 bridgehead atoms. The van der Waals surface area contributed by atoms with Crippen LogP contribution < -0.4 is 5.32 Å². The van der Waals surface area contributed by atoms with Crippen LogP contribution in [0.3, 0.4) is 0 Å². The first kappa shape index (κ1) is 12.0. The van der Waals surface area contributed by atoms with E-state index in [0.717, 1.165) is 17.0 Å². The highest BCUT2D eigenvalue weighted by atomic mass is 35.5. The van der Waals surface area contributed by atoms with E-state index in [1.807, 2.05) is 25.2 Å². The highest BCUT2D eigenvalue weighted by molar-refractivity contribution is 6.31.